The second-order valence-electron chi connectivity index (χ2n) is 7.80. The molecule has 4 aromatic carbocycles. The summed E-state index contributed by atoms with van der Waals surface area (Å²) in [6, 6.07) is 23.6. The van der Waals surface area contributed by atoms with Crippen LogP contribution in [0.25, 0.3) is 21.9 Å². The SMILES string of the molecule is CCCCCc1ccc(-c2ccc(C#Cc3ccc4cc(F)ccc4c3)cc2)c(F)c1. The lowest BCUT2D eigenvalue weighted by atomic mass is 9.99. The van der Waals surface area contributed by atoms with E-state index >= 15 is 0 Å². The molecule has 4 aromatic rings. The van der Waals surface area contributed by atoms with Crippen molar-refractivity contribution in [1.29, 1.82) is 0 Å². The number of hydrogen-bond acceptors (Lipinski definition) is 0. The molecule has 0 aromatic heterocycles. The Morgan fingerprint density at radius 3 is 2.16 bits per heavy atom. The van der Waals surface area contributed by atoms with Gasteiger partial charge in [-0.3, -0.25) is 0 Å². The van der Waals surface area contributed by atoms with Gasteiger partial charge in [-0.2, -0.15) is 0 Å². The molecular weight excluding hydrogens is 386 g/mol. The van der Waals surface area contributed by atoms with Crippen LogP contribution >= 0.6 is 0 Å². The van der Waals surface area contributed by atoms with E-state index < -0.39 is 0 Å². The van der Waals surface area contributed by atoms with Gasteiger partial charge >= 0.3 is 0 Å². The van der Waals surface area contributed by atoms with Crippen molar-refractivity contribution < 1.29 is 8.78 Å². The van der Waals surface area contributed by atoms with Crippen LogP contribution in [0.1, 0.15) is 42.9 Å². The van der Waals surface area contributed by atoms with Crippen molar-refractivity contribution in [2.24, 2.45) is 0 Å². The van der Waals surface area contributed by atoms with Gasteiger partial charge in [0.1, 0.15) is 11.6 Å². The normalized spacial score (nSPS) is 10.7. The number of unbranched alkanes of at least 4 members (excludes halogenated alkanes) is 2. The Kier molecular flexibility index (Phi) is 6.43. The number of benzene rings is 4. The smallest absolute Gasteiger partial charge is 0.131 e. The Balaban J connectivity index is 1.50. The summed E-state index contributed by atoms with van der Waals surface area (Å²) >= 11 is 0. The van der Waals surface area contributed by atoms with E-state index in [9.17, 15) is 8.78 Å². The first-order valence-electron chi connectivity index (χ1n) is 10.7. The minimum atomic E-state index is -0.242. The summed E-state index contributed by atoms with van der Waals surface area (Å²) in [7, 11) is 0. The molecule has 0 nitrogen and oxygen atoms in total. The van der Waals surface area contributed by atoms with Crippen LogP contribution in [0.4, 0.5) is 8.78 Å². The molecule has 0 spiro atoms. The van der Waals surface area contributed by atoms with Gasteiger partial charge in [0.05, 0.1) is 0 Å². The number of aryl methyl sites for hydroxylation is 1. The summed E-state index contributed by atoms with van der Waals surface area (Å²) in [6.07, 6.45) is 4.35. The number of halogens is 2. The summed E-state index contributed by atoms with van der Waals surface area (Å²) < 4.78 is 27.9. The fourth-order valence-corrected chi connectivity index (χ4v) is 3.70. The largest absolute Gasteiger partial charge is 0.207 e. The molecule has 2 heteroatoms. The maximum absolute atomic E-state index is 14.6. The second-order valence-corrected chi connectivity index (χ2v) is 7.80. The highest BCUT2D eigenvalue weighted by Crippen LogP contribution is 2.25. The minimum Gasteiger partial charge on any atom is -0.207 e. The molecule has 31 heavy (non-hydrogen) atoms. The zero-order valence-electron chi connectivity index (χ0n) is 17.6. The lowest BCUT2D eigenvalue weighted by Crippen LogP contribution is -1.90. The van der Waals surface area contributed by atoms with Gasteiger partial charge in [-0.15, -0.1) is 0 Å². The first-order valence-corrected chi connectivity index (χ1v) is 10.7. The van der Waals surface area contributed by atoms with Crippen LogP contribution in [0.3, 0.4) is 0 Å². The van der Waals surface area contributed by atoms with Crippen molar-refractivity contribution in [1.82, 2.24) is 0 Å². The zero-order chi connectivity index (χ0) is 21.6. The van der Waals surface area contributed by atoms with E-state index in [1.54, 1.807) is 12.1 Å². The average molecular weight is 411 g/mol. The van der Waals surface area contributed by atoms with Crippen molar-refractivity contribution in [2.75, 3.05) is 0 Å². The van der Waals surface area contributed by atoms with Gasteiger partial charge in [0, 0.05) is 16.7 Å². The zero-order valence-corrected chi connectivity index (χ0v) is 17.6. The van der Waals surface area contributed by atoms with Crippen LogP contribution in [0.15, 0.2) is 78.9 Å². The third-order valence-corrected chi connectivity index (χ3v) is 5.45. The van der Waals surface area contributed by atoms with Crippen molar-refractivity contribution in [3.05, 3.63) is 107 Å². The Hall–Kier alpha value is -3.44. The Bertz CT molecular complexity index is 1260. The molecule has 0 bridgehead atoms. The molecule has 0 aliphatic carbocycles. The average Bonchev–Trinajstić information content (AvgIpc) is 2.78. The van der Waals surface area contributed by atoms with Crippen LogP contribution in [-0.4, -0.2) is 0 Å². The molecule has 0 unspecified atom stereocenters. The predicted octanol–water partition coefficient (Wildman–Crippen LogP) is 7.92. The molecule has 0 N–H and O–H groups in total. The molecule has 0 fully saturated rings. The number of hydrogen-bond donors (Lipinski definition) is 0. The Morgan fingerprint density at radius 1 is 0.677 bits per heavy atom. The van der Waals surface area contributed by atoms with E-state index in [2.05, 4.69) is 18.8 Å². The van der Waals surface area contributed by atoms with Crippen LogP contribution < -0.4 is 0 Å². The molecule has 0 atom stereocenters. The molecular formula is C29H24F2. The van der Waals surface area contributed by atoms with Crippen molar-refractivity contribution >= 4 is 10.8 Å². The summed E-state index contributed by atoms with van der Waals surface area (Å²) in [5.41, 5.74) is 4.24. The quantitative estimate of drug-likeness (QED) is 0.232. The first kappa shape index (κ1) is 20.8. The van der Waals surface area contributed by atoms with E-state index in [4.69, 9.17) is 0 Å². The van der Waals surface area contributed by atoms with Crippen LogP contribution in [0, 0.1) is 23.5 Å². The molecule has 154 valence electrons. The van der Waals surface area contributed by atoms with Crippen molar-refractivity contribution in [2.45, 2.75) is 32.6 Å². The van der Waals surface area contributed by atoms with E-state index in [1.165, 1.54) is 18.6 Å². The lowest BCUT2D eigenvalue weighted by molar-refractivity contribution is 0.626. The van der Waals surface area contributed by atoms with Gasteiger partial charge in [0.25, 0.3) is 0 Å². The highest BCUT2D eigenvalue weighted by Gasteiger charge is 2.06. The Morgan fingerprint density at radius 2 is 1.39 bits per heavy atom. The highest BCUT2D eigenvalue weighted by atomic mass is 19.1. The predicted molar refractivity (Wildman–Crippen MR) is 125 cm³/mol. The molecule has 0 radical (unpaired) electrons. The van der Waals surface area contributed by atoms with Crippen molar-refractivity contribution in [3.63, 3.8) is 0 Å². The monoisotopic (exact) mass is 410 g/mol. The van der Waals surface area contributed by atoms with Gasteiger partial charge < -0.3 is 0 Å². The molecule has 0 aliphatic heterocycles. The highest BCUT2D eigenvalue weighted by molar-refractivity contribution is 5.84. The summed E-state index contributed by atoms with van der Waals surface area (Å²) in [4.78, 5) is 0. The lowest BCUT2D eigenvalue weighted by Gasteiger charge is -2.07. The van der Waals surface area contributed by atoms with Gasteiger partial charge in [-0.25, -0.2) is 8.78 Å². The molecule has 0 aliphatic rings. The summed E-state index contributed by atoms with van der Waals surface area (Å²) in [5, 5.41) is 1.81. The fraction of sp³-hybridized carbons (Fsp3) is 0.172. The van der Waals surface area contributed by atoms with Crippen LogP contribution in [-0.2, 0) is 6.42 Å². The first-order chi connectivity index (χ1) is 15.1. The van der Waals surface area contributed by atoms with Gasteiger partial charge in [0.2, 0.25) is 0 Å². The maximum Gasteiger partial charge on any atom is 0.131 e. The number of rotatable bonds is 5. The summed E-state index contributed by atoms with van der Waals surface area (Å²) in [5.74, 6) is 5.88. The van der Waals surface area contributed by atoms with Gasteiger partial charge in [0.15, 0.2) is 0 Å². The third kappa shape index (κ3) is 5.19. The van der Waals surface area contributed by atoms with Crippen LogP contribution in [0.5, 0.6) is 0 Å². The Labute approximate surface area is 182 Å². The topological polar surface area (TPSA) is 0 Å². The minimum absolute atomic E-state index is 0.180. The molecule has 0 amide bonds. The van der Waals surface area contributed by atoms with Crippen LogP contribution in [0.2, 0.25) is 0 Å². The molecule has 0 saturated heterocycles. The van der Waals surface area contributed by atoms with E-state index in [0.29, 0.717) is 5.56 Å². The van der Waals surface area contributed by atoms with Crippen molar-refractivity contribution in [3.8, 4) is 23.0 Å². The molecule has 0 heterocycles. The third-order valence-electron chi connectivity index (χ3n) is 5.45. The van der Waals surface area contributed by atoms with E-state index in [0.717, 1.165) is 52.3 Å². The van der Waals surface area contributed by atoms with E-state index in [-0.39, 0.29) is 11.6 Å². The standard InChI is InChI=1S/C29H24F2/c1-2-3-4-5-22-11-17-28(29(31)19-22)24-12-8-21(9-13-24)6-7-23-10-14-26-20-27(30)16-15-25(26)18-23/h8-20H,2-5H2,1H3. The molecule has 0 saturated carbocycles. The number of fused-ring (bicyclic) bond motifs is 1. The van der Waals surface area contributed by atoms with Gasteiger partial charge in [-0.05, 0) is 77.2 Å². The van der Waals surface area contributed by atoms with E-state index in [1.807, 2.05) is 54.6 Å². The molecule has 4 rings (SSSR count). The fourth-order valence-electron chi connectivity index (χ4n) is 3.70. The maximum atomic E-state index is 14.6. The van der Waals surface area contributed by atoms with Gasteiger partial charge in [-0.1, -0.05) is 68.0 Å². The summed E-state index contributed by atoms with van der Waals surface area (Å²) in [6.45, 7) is 2.17. The second kappa shape index (κ2) is 9.58.